The molecule has 1 aromatic heterocycles. The molecule has 33 heavy (non-hydrogen) atoms. The molecule has 5 nitrogen and oxygen atoms in total. The minimum atomic E-state index is -1.97. The third kappa shape index (κ3) is 4.81. The van der Waals surface area contributed by atoms with E-state index in [1.54, 1.807) is 23.5 Å². The molecule has 4 rings (SSSR count). The Bertz CT molecular complexity index is 1100. The first-order chi connectivity index (χ1) is 15.8. The third-order valence-corrected chi connectivity index (χ3v) is 7.13. The summed E-state index contributed by atoms with van der Waals surface area (Å²) in [6.45, 7) is 1.36. The van der Waals surface area contributed by atoms with Crippen molar-refractivity contribution in [1.29, 1.82) is 0 Å². The van der Waals surface area contributed by atoms with Crippen molar-refractivity contribution >= 4 is 11.3 Å². The molecule has 0 radical (unpaired) electrons. The number of alkyl halides is 1. The van der Waals surface area contributed by atoms with Gasteiger partial charge in [-0.15, -0.1) is 11.3 Å². The zero-order valence-electron chi connectivity index (χ0n) is 18.2. The van der Waals surface area contributed by atoms with Crippen LogP contribution in [0.5, 0.6) is 5.75 Å². The molecule has 0 unspecified atom stereocenters. The van der Waals surface area contributed by atoms with E-state index in [-0.39, 0.29) is 5.82 Å². The van der Waals surface area contributed by atoms with E-state index in [2.05, 4.69) is 0 Å². The van der Waals surface area contributed by atoms with Crippen LogP contribution in [0.3, 0.4) is 0 Å². The molecule has 3 aromatic rings. The van der Waals surface area contributed by atoms with Crippen molar-refractivity contribution in [2.24, 2.45) is 0 Å². The lowest BCUT2D eigenvalue weighted by Crippen LogP contribution is -2.53. The lowest BCUT2D eigenvalue weighted by Gasteiger charge is -2.39. The van der Waals surface area contributed by atoms with E-state index in [1.165, 1.54) is 19.2 Å². The summed E-state index contributed by atoms with van der Waals surface area (Å²) in [4.78, 5) is 2.09. The van der Waals surface area contributed by atoms with Gasteiger partial charge < -0.3 is 24.8 Å². The first-order valence-corrected chi connectivity index (χ1v) is 11.4. The fourth-order valence-corrected chi connectivity index (χ4v) is 5.13. The number of rotatable bonds is 6. The fourth-order valence-electron chi connectivity index (χ4n) is 4.10. The molecule has 0 saturated carbocycles. The summed E-state index contributed by atoms with van der Waals surface area (Å²) in [5, 5.41) is 29.9. The molecule has 1 fully saturated rings. The van der Waals surface area contributed by atoms with Gasteiger partial charge in [0, 0.05) is 21.7 Å². The summed E-state index contributed by atoms with van der Waals surface area (Å²) >= 11 is 1.59. The van der Waals surface area contributed by atoms with Crippen LogP contribution in [0.25, 0.3) is 10.4 Å². The highest BCUT2D eigenvalue weighted by molar-refractivity contribution is 7.15. The number of ether oxygens (including phenoxy) is 2. The van der Waals surface area contributed by atoms with Crippen molar-refractivity contribution in [3.8, 4) is 16.2 Å². The molecule has 2 aromatic carbocycles. The van der Waals surface area contributed by atoms with E-state index >= 15 is 0 Å². The number of aliphatic hydroxyl groups is 3. The molecule has 8 heteroatoms. The monoisotopic (exact) mass is 476 g/mol. The maximum absolute atomic E-state index is 14.5. The summed E-state index contributed by atoms with van der Waals surface area (Å²) in [5.74, 6) is 0.147. The van der Waals surface area contributed by atoms with Gasteiger partial charge in [0.1, 0.15) is 36.0 Å². The molecule has 2 heterocycles. The number of aryl methyl sites for hydroxylation is 1. The van der Waals surface area contributed by atoms with Gasteiger partial charge in [-0.2, -0.15) is 0 Å². The highest BCUT2D eigenvalue weighted by Crippen LogP contribution is 2.40. The van der Waals surface area contributed by atoms with Gasteiger partial charge in [-0.05, 0) is 60.0 Å². The lowest BCUT2D eigenvalue weighted by atomic mass is 9.89. The summed E-state index contributed by atoms with van der Waals surface area (Å²) in [5.41, 5.74) is 3.28. The van der Waals surface area contributed by atoms with Crippen LogP contribution in [0.1, 0.15) is 27.7 Å². The number of hydrogen-bond acceptors (Lipinski definition) is 6. The van der Waals surface area contributed by atoms with Crippen LogP contribution >= 0.6 is 11.3 Å². The number of aliphatic hydroxyl groups excluding tert-OH is 3. The molecular formula is C25H26F2O5S. The van der Waals surface area contributed by atoms with Gasteiger partial charge in [0.15, 0.2) is 6.17 Å². The zero-order chi connectivity index (χ0) is 23.7. The summed E-state index contributed by atoms with van der Waals surface area (Å²) < 4.78 is 38.9. The Labute approximate surface area is 194 Å². The summed E-state index contributed by atoms with van der Waals surface area (Å²) in [6.07, 6.45) is -6.87. The zero-order valence-corrected chi connectivity index (χ0v) is 19.1. The largest absolute Gasteiger partial charge is 0.496 e. The molecule has 1 aliphatic rings. The van der Waals surface area contributed by atoms with Crippen LogP contribution in [0, 0.1) is 12.7 Å². The first-order valence-electron chi connectivity index (χ1n) is 10.6. The summed E-state index contributed by atoms with van der Waals surface area (Å²) in [6, 6.07) is 14.0. The van der Waals surface area contributed by atoms with Gasteiger partial charge >= 0.3 is 0 Å². The molecule has 1 saturated heterocycles. The smallest absolute Gasteiger partial charge is 0.157 e. The van der Waals surface area contributed by atoms with Gasteiger partial charge in [-0.25, -0.2) is 8.78 Å². The molecule has 176 valence electrons. The highest BCUT2D eigenvalue weighted by atomic mass is 32.1. The van der Waals surface area contributed by atoms with Crippen LogP contribution in [0.2, 0.25) is 0 Å². The molecule has 3 N–H and O–H groups in total. The number of hydrogen-bond donors (Lipinski definition) is 3. The Morgan fingerprint density at radius 2 is 1.79 bits per heavy atom. The van der Waals surface area contributed by atoms with Crippen LogP contribution in [0.4, 0.5) is 8.78 Å². The van der Waals surface area contributed by atoms with E-state index in [9.17, 15) is 24.1 Å². The van der Waals surface area contributed by atoms with Gasteiger partial charge in [0.05, 0.1) is 13.7 Å². The van der Waals surface area contributed by atoms with E-state index in [0.29, 0.717) is 17.7 Å². The minimum absolute atomic E-state index is 0.282. The van der Waals surface area contributed by atoms with Gasteiger partial charge in [-0.1, -0.05) is 12.1 Å². The maximum atomic E-state index is 14.5. The molecule has 0 amide bonds. The Hall–Kier alpha value is -2.36. The molecular weight excluding hydrogens is 450 g/mol. The van der Waals surface area contributed by atoms with Crippen molar-refractivity contribution < 1.29 is 33.6 Å². The van der Waals surface area contributed by atoms with Gasteiger partial charge in [0.2, 0.25) is 0 Å². The normalized spacial score (nSPS) is 25.2. The van der Waals surface area contributed by atoms with Crippen molar-refractivity contribution in [2.75, 3.05) is 13.7 Å². The Kier molecular flexibility index (Phi) is 7.11. The fraction of sp³-hybridized carbons (Fsp3) is 0.360. The Balaban J connectivity index is 1.64. The van der Waals surface area contributed by atoms with Crippen molar-refractivity contribution in [2.45, 2.75) is 43.9 Å². The average molecular weight is 477 g/mol. The van der Waals surface area contributed by atoms with E-state index < -0.39 is 37.2 Å². The number of thiophene rings is 1. The number of methoxy groups -OCH3 is 1. The first kappa shape index (κ1) is 23.8. The molecule has 0 bridgehead atoms. The Morgan fingerprint density at radius 1 is 1.06 bits per heavy atom. The molecule has 1 aliphatic heterocycles. The average Bonchev–Trinajstić information content (AvgIpc) is 3.28. The van der Waals surface area contributed by atoms with Gasteiger partial charge in [-0.3, -0.25) is 0 Å². The molecule has 5 atom stereocenters. The van der Waals surface area contributed by atoms with Gasteiger partial charge in [0.25, 0.3) is 0 Å². The van der Waals surface area contributed by atoms with Crippen molar-refractivity contribution in [1.82, 2.24) is 0 Å². The van der Waals surface area contributed by atoms with Crippen molar-refractivity contribution in [3.05, 3.63) is 75.9 Å². The van der Waals surface area contributed by atoms with Crippen LogP contribution in [-0.4, -0.2) is 53.5 Å². The third-order valence-electron chi connectivity index (χ3n) is 5.99. The number of benzene rings is 2. The van der Waals surface area contributed by atoms with Crippen LogP contribution < -0.4 is 4.74 Å². The second kappa shape index (κ2) is 9.87. The summed E-state index contributed by atoms with van der Waals surface area (Å²) in [7, 11) is 1.48. The standard InChI is InChI=1S/C25H26F2O5S/c1-13-9-19(31-2)18(25-24(30)22(27)23(29)20(12-28)32-25)11-15(13)10-17-7-8-21(33-17)14-3-5-16(26)6-4-14/h3-9,11,20,22-25,28-30H,10,12H2,1-2H3/t20-,22+,23+,24+,25+/m1/s1. The van der Waals surface area contributed by atoms with Crippen LogP contribution in [0.15, 0.2) is 48.5 Å². The second-order valence-electron chi connectivity index (χ2n) is 8.17. The number of halogens is 2. The Morgan fingerprint density at radius 3 is 2.45 bits per heavy atom. The highest BCUT2D eigenvalue weighted by Gasteiger charge is 2.46. The SMILES string of the molecule is COc1cc(C)c(Cc2ccc(-c3ccc(F)cc3)s2)cc1[C@@H]1O[C@H](CO)[C@H](O)[C@H](F)[C@@H]1O. The minimum Gasteiger partial charge on any atom is -0.496 e. The predicted molar refractivity (Wildman–Crippen MR) is 122 cm³/mol. The van der Waals surface area contributed by atoms with Crippen molar-refractivity contribution in [3.63, 3.8) is 0 Å². The lowest BCUT2D eigenvalue weighted by molar-refractivity contribution is -0.214. The maximum Gasteiger partial charge on any atom is 0.157 e. The molecule has 0 aliphatic carbocycles. The predicted octanol–water partition coefficient (Wildman–Crippen LogP) is 3.95. The molecule has 0 spiro atoms. The second-order valence-corrected chi connectivity index (χ2v) is 9.34. The van der Waals surface area contributed by atoms with E-state index in [1.807, 2.05) is 31.2 Å². The van der Waals surface area contributed by atoms with E-state index in [0.717, 1.165) is 26.4 Å². The van der Waals surface area contributed by atoms with Crippen LogP contribution in [-0.2, 0) is 11.2 Å². The topological polar surface area (TPSA) is 79.2 Å². The van der Waals surface area contributed by atoms with E-state index in [4.69, 9.17) is 9.47 Å². The quantitative estimate of drug-likeness (QED) is 0.502.